The van der Waals surface area contributed by atoms with Crippen LogP contribution in [0.1, 0.15) is 37.4 Å². The van der Waals surface area contributed by atoms with Gasteiger partial charge >= 0.3 is 0 Å². The molecule has 0 amide bonds. The van der Waals surface area contributed by atoms with Gasteiger partial charge in [-0.25, -0.2) is 12.8 Å². The van der Waals surface area contributed by atoms with Crippen molar-refractivity contribution in [1.29, 1.82) is 0 Å². The van der Waals surface area contributed by atoms with Crippen LogP contribution in [0.25, 0.3) is 0 Å². The number of nitrogens with zero attached hydrogens (tertiary/aromatic N) is 3. The molecule has 1 aliphatic rings. The summed E-state index contributed by atoms with van der Waals surface area (Å²) < 4.78 is 44.5. The van der Waals surface area contributed by atoms with Gasteiger partial charge in [-0.15, -0.1) is 0 Å². The van der Waals surface area contributed by atoms with Gasteiger partial charge in [-0.2, -0.15) is 9.29 Å². The molecule has 0 aliphatic carbocycles. The first kappa shape index (κ1) is 16.4. The Morgan fingerprint density at radius 1 is 1.39 bits per heavy atom. The molecular weight excluding hydrogens is 345 g/mol. The molecule has 0 N–H and O–H groups in total. The van der Waals surface area contributed by atoms with Crippen molar-refractivity contribution in [2.45, 2.75) is 30.6 Å². The number of hydrogen-bond acceptors (Lipinski definition) is 5. The van der Waals surface area contributed by atoms with Crippen LogP contribution in [0, 0.1) is 5.82 Å². The molecular formula is C14H15ClFN3O3S. The highest BCUT2D eigenvalue weighted by molar-refractivity contribution is 7.89. The van der Waals surface area contributed by atoms with Crippen LogP contribution < -0.4 is 0 Å². The number of halogens is 2. The van der Waals surface area contributed by atoms with E-state index in [1.807, 2.05) is 13.8 Å². The minimum absolute atomic E-state index is 0.0317. The third-order valence-electron chi connectivity index (χ3n) is 3.70. The fraction of sp³-hybridized carbons (Fsp3) is 0.429. The molecule has 0 spiro atoms. The molecule has 9 heteroatoms. The Labute approximate surface area is 138 Å². The van der Waals surface area contributed by atoms with E-state index in [4.69, 9.17) is 16.1 Å². The lowest BCUT2D eigenvalue weighted by molar-refractivity contribution is 0.216. The summed E-state index contributed by atoms with van der Waals surface area (Å²) in [5.41, 5.74) is 0. The molecule has 1 aromatic carbocycles. The molecule has 1 aromatic heterocycles. The molecule has 0 saturated carbocycles. The smallest absolute Gasteiger partial charge is 0.243 e. The summed E-state index contributed by atoms with van der Waals surface area (Å²) in [6.45, 7) is 4.39. The van der Waals surface area contributed by atoms with E-state index in [1.165, 1.54) is 10.4 Å². The van der Waals surface area contributed by atoms with Gasteiger partial charge in [0.2, 0.25) is 15.9 Å². The van der Waals surface area contributed by atoms with Crippen LogP contribution >= 0.6 is 11.6 Å². The number of aromatic nitrogens is 2. The third kappa shape index (κ3) is 2.98. The number of benzene rings is 1. The lowest BCUT2D eigenvalue weighted by Crippen LogP contribution is -2.48. The largest absolute Gasteiger partial charge is 0.339 e. The van der Waals surface area contributed by atoms with E-state index in [2.05, 4.69) is 10.1 Å². The van der Waals surface area contributed by atoms with E-state index in [9.17, 15) is 12.8 Å². The summed E-state index contributed by atoms with van der Waals surface area (Å²) in [6.07, 6.45) is 0. The van der Waals surface area contributed by atoms with Gasteiger partial charge in [0.15, 0.2) is 5.82 Å². The quantitative estimate of drug-likeness (QED) is 0.839. The normalized spacial score (nSPS) is 16.7. The van der Waals surface area contributed by atoms with E-state index >= 15 is 0 Å². The maximum atomic E-state index is 13.2. The fourth-order valence-electron chi connectivity index (χ4n) is 2.22. The van der Waals surface area contributed by atoms with Crippen molar-refractivity contribution in [3.63, 3.8) is 0 Å². The Balaban J connectivity index is 1.73. The minimum atomic E-state index is -3.70. The van der Waals surface area contributed by atoms with Gasteiger partial charge < -0.3 is 4.52 Å². The van der Waals surface area contributed by atoms with Crippen LogP contribution in [-0.4, -0.2) is 36.0 Å². The zero-order valence-corrected chi connectivity index (χ0v) is 14.1. The van der Waals surface area contributed by atoms with Crippen molar-refractivity contribution >= 4 is 21.6 Å². The van der Waals surface area contributed by atoms with Gasteiger partial charge in [0.05, 0.1) is 15.8 Å². The van der Waals surface area contributed by atoms with Crippen LogP contribution in [0.3, 0.4) is 0 Å². The van der Waals surface area contributed by atoms with Crippen LogP contribution in [0.5, 0.6) is 0 Å². The Hall–Kier alpha value is -1.51. The van der Waals surface area contributed by atoms with Gasteiger partial charge in [0.1, 0.15) is 5.82 Å². The highest BCUT2D eigenvalue weighted by Gasteiger charge is 2.40. The second-order valence-electron chi connectivity index (χ2n) is 5.74. The van der Waals surface area contributed by atoms with Gasteiger partial charge in [-0.3, -0.25) is 0 Å². The number of sulfonamides is 1. The van der Waals surface area contributed by atoms with Crippen LogP contribution in [0.4, 0.5) is 4.39 Å². The second-order valence-corrected chi connectivity index (χ2v) is 8.09. The van der Waals surface area contributed by atoms with E-state index in [1.54, 1.807) is 0 Å². The first-order valence-corrected chi connectivity index (χ1v) is 8.89. The van der Waals surface area contributed by atoms with E-state index in [0.717, 1.165) is 12.1 Å². The van der Waals surface area contributed by atoms with E-state index < -0.39 is 15.8 Å². The SMILES string of the molecule is CC(C)c1noc(C2CN(S(=O)(=O)c3ccc(F)c(Cl)c3)C2)n1. The average molecular weight is 360 g/mol. The summed E-state index contributed by atoms with van der Waals surface area (Å²) in [7, 11) is -3.70. The zero-order valence-electron chi connectivity index (χ0n) is 12.5. The molecule has 23 heavy (non-hydrogen) atoms. The van der Waals surface area contributed by atoms with Crippen molar-refractivity contribution in [3.05, 3.63) is 40.8 Å². The standard InChI is InChI=1S/C14H15ClFN3O3S/c1-8(2)13-17-14(22-18-13)9-6-19(7-9)23(20,21)10-3-4-12(16)11(15)5-10/h3-5,8-9H,6-7H2,1-2H3. The maximum Gasteiger partial charge on any atom is 0.243 e. The molecule has 0 radical (unpaired) electrons. The number of rotatable bonds is 4. The molecule has 124 valence electrons. The van der Waals surface area contributed by atoms with Crippen LogP contribution in [0.2, 0.25) is 5.02 Å². The fourth-order valence-corrected chi connectivity index (χ4v) is 4.03. The lowest BCUT2D eigenvalue weighted by atomic mass is 10.0. The van der Waals surface area contributed by atoms with Crippen LogP contribution in [0.15, 0.2) is 27.6 Å². The molecule has 0 unspecified atom stereocenters. The summed E-state index contributed by atoms with van der Waals surface area (Å²) >= 11 is 5.65. The third-order valence-corrected chi connectivity index (χ3v) is 5.82. The monoisotopic (exact) mass is 359 g/mol. The van der Waals surface area contributed by atoms with Gasteiger partial charge in [0, 0.05) is 19.0 Å². The molecule has 3 rings (SSSR count). The predicted molar refractivity (Wildman–Crippen MR) is 81.3 cm³/mol. The first-order valence-electron chi connectivity index (χ1n) is 7.07. The van der Waals surface area contributed by atoms with Crippen molar-refractivity contribution in [1.82, 2.24) is 14.4 Å². The second kappa shape index (κ2) is 5.85. The Morgan fingerprint density at radius 3 is 2.65 bits per heavy atom. The Kier molecular flexibility index (Phi) is 4.16. The Bertz CT molecular complexity index is 832. The molecule has 1 aliphatic heterocycles. The van der Waals surface area contributed by atoms with Crippen LogP contribution in [-0.2, 0) is 10.0 Å². The maximum absolute atomic E-state index is 13.2. The molecule has 0 atom stereocenters. The molecule has 6 nitrogen and oxygen atoms in total. The molecule has 1 fully saturated rings. The Morgan fingerprint density at radius 2 is 2.09 bits per heavy atom. The summed E-state index contributed by atoms with van der Waals surface area (Å²) in [6, 6.07) is 3.36. The van der Waals surface area contributed by atoms with E-state index in [0.29, 0.717) is 11.7 Å². The molecule has 1 saturated heterocycles. The first-order chi connectivity index (χ1) is 10.8. The summed E-state index contributed by atoms with van der Waals surface area (Å²) in [4.78, 5) is 4.25. The van der Waals surface area contributed by atoms with Crippen molar-refractivity contribution in [2.75, 3.05) is 13.1 Å². The van der Waals surface area contributed by atoms with Crippen molar-refractivity contribution < 1.29 is 17.3 Å². The topological polar surface area (TPSA) is 76.3 Å². The van der Waals surface area contributed by atoms with E-state index in [-0.39, 0.29) is 34.8 Å². The zero-order chi connectivity index (χ0) is 16.8. The average Bonchev–Trinajstić information content (AvgIpc) is 2.89. The van der Waals surface area contributed by atoms with Crippen molar-refractivity contribution in [3.8, 4) is 0 Å². The highest BCUT2D eigenvalue weighted by Crippen LogP contribution is 2.32. The van der Waals surface area contributed by atoms with Gasteiger partial charge in [-0.05, 0) is 18.2 Å². The summed E-state index contributed by atoms with van der Waals surface area (Å²) in [5, 5.41) is 3.65. The molecule has 0 bridgehead atoms. The molecule has 2 aromatic rings. The minimum Gasteiger partial charge on any atom is -0.339 e. The van der Waals surface area contributed by atoms with Crippen molar-refractivity contribution in [2.24, 2.45) is 0 Å². The highest BCUT2D eigenvalue weighted by atomic mass is 35.5. The lowest BCUT2D eigenvalue weighted by Gasteiger charge is -2.35. The van der Waals surface area contributed by atoms with Gasteiger partial charge in [-0.1, -0.05) is 30.6 Å². The molecule has 2 heterocycles. The predicted octanol–water partition coefficient (Wildman–Crippen LogP) is 2.77. The summed E-state index contributed by atoms with van der Waals surface area (Å²) in [5.74, 6) is 0.414. The number of hydrogen-bond donors (Lipinski definition) is 0. The van der Waals surface area contributed by atoms with Gasteiger partial charge in [0.25, 0.3) is 0 Å².